The highest BCUT2D eigenvalue weighted by atomic mass is 16.6. The van der Waals surface area contributed by atoms with Crippen molar-refractivity contribution >= 4 is 22.8 Å². The molecule has 0 aliphatic heterocycles. The van der Waals surface area contributed by atoms with Gasteiger partial charge in [0, 0.05) is 43.5 Å². The van der Waals surface area contributed by atoms with E-state index in [1.165, 1.54) is 0 Å². The summed E-state index contributed by atoms with van der Waals surface area (Å²) in [7, 11) is 3.48. The van der Waals surface area contributed by atoms with Gasteiger partial charge in [-0.15, -0.1) is 0 Å². The Kier molecular flexibility index (Phi) is 6.74. The molecule has 0 unspecified atom stereocenters. The molecule has 0 aliphatic carbocycles. The first kappa shape index (κ1) is 17.9. The minimum Gasteiger partial charge on any atom is -0.399 e. The zero-order valence-corrected chi connectivity index (χ0v) is 14.8. The molecular formula is C17H26N6O. The molecule has 0 saturated carbocycles. The fourth-order valence-corrected chi connectivity index (χ4v) is 2.68. The van der Waals surface area contributed by atoms with Crippen molar-refractivity contribution in [3.05, 3.63) is 30.5 Å². The fraction of sp³-hybridized carbons (Fsp3) is 0.471. The van der Waals surface area contributed by atoms with Crippen molar-refractivity contribution in [2.24, 2.45) is 5.16 Å². The molecule has 2 N–H and O–H groups in total. The SMILES string of the molecule is CC/C(=C\N(NC)[C@@H](CC)C/C=N/OC)c1ncnc2[nH]ccc12. The van der Waals surface area contributed by atoms with Crippen molar-refractivity contribution in [2.45, 2.75) is 39.2 Å². The molecule has 0 aliphatic rings. The maximum absolute atomic E-state index is 4.76. The van der Waals surface area contributed by atoms with Crippen molar-refractivity contribution in [3.8, 4) is 0 Å². The summed E-state index contributed by atoms with van der Waals surface area (Å²) in [6, 6.07) is 2.29. The Labute approximate surface area is 142 Å². The molecule has 7 nitrogen and oxygen atoms in total. The standard InChI is InChI=1S/C17H26N6O/c1-5-13(16-15-8-9-19-17(15)21-12-20-16)11-23(18-3)14(6-2)7-10-22-24-4/h8-12,14,18H,5-7H2,1-4H3,(H,19,20,21)/b13-11+,22-10+/t14-/m0/s1. The molecule has 0 saturated heterocycles. The number of aromatic nitrogens is 3. The molecular weight excluding hydrogens is 304 g/mol. The molecule has 2 heterocycles. The summed E-state index contributed by atoms with van der Waals surface area (Å²) in [6.07, 6.45) is 10.1. The zero-order valence-electron chi connectivity index (χ0n) is 14.8. The molecule has 130 valence electrons. The molecule has 24 heavy (non-hydrogen) atoms. The average Bonchev–Trinajstić information content (AvgIpc) is 3.09. The molecule has 7 heteroatoms. The molecule has 0 spiro atoms. The van der Waals surface area contributed by atoms with Crippen LogP contribution in [0.4, 0.5) is 0 Å². The number of aromatic amines is 1. The number of oxime groups is 1. The first-order valence-corrected chi connectivity index (χ1v) is 8.24. The van der Waals surface area contributed by atoms with Gasteiger partial charge in [0.05, 0.1) is 5.69 Å². The molecule has 2 aromatic rings. The first-order valence-electron chi connectivity index (χ1n) is 8.24. The Morgan fingerprint density at radius 3 is 2.96 bits per heavy atom. The summed E-state index contributed by atoms with van der Waals surface area (Å²) in [5.74, 6) is 0. The number of nitrogens with one attached hydrogen (secondary N) is 2. The van der Waals surface area contributed by atoms with E-state index in [0.29, 0.717) is 0 Å². The molecule has 0 radical (unpaired) electrons. The van der Waals surface area contributed by atoms with Crippen LogP contribution in [0, 0.1) is 0 Å². The lowest BCUT2D eigenvalue weighted by atomic mass is 10.1. The van der Waals surface area contributed by atoms with Crippen LogP contribution in [0.1, 0.15) is 38.8 Å². The number of hydrazine groups is 1. The second-order valence-electron chi connectivity index (χ2n) is 5.37. The highest BCUT2D eigenvalue weighted by Crippen LogP contribution is 2.24. The van der Waals surface area contributed by atoms with E-state index in [-0.39, 0.29) is 6.04 Å². The normalized spacial score (nSPS) is 13.6. The maximum atomic E-state index is 4.76. The summed E-state index contributed by atoms with van der Waals surface area (Å²) in [5.41, 5.74) is 6.23. The third kappa shape index (κ3) is 4.11. The number of allylic oxidation sites excluding steroid dienone is 1. The number of hydrogen-bond donors (Lipinski definition) is 2. The summed E-state index contributed by atoms with van der Waals surface area (Å²) in [6.45, 7) is 4.29. The van der Waals surface area contributed by atoms with E-state index in [0.717, 1.165) is 41.6 Å². The quantitative estimate of drug-likeness (QED) is 0.546. The van der Waals surface area contributed by atoms with E-state index in [1.54, 1.807) is 19.7 Å². The highest BCUT2D eigenvalue weighted by Gasteiger charge is 2.15. The van der Waals surface area contributed by atoms with Crippen LogP contribution in [0.25, 0.3) is 16.6 Å². The third-order valence-electron chi connectivity index (χ3n) is 4.01. The van der Waals surface area contributed by atoms with Crippen molar-refractivity contribution in [2.75, 3.05) is 14.2 Å². The molecule has 0 bridgehead atoms. The van der Waals surface area contributed by atoms with Crippen molar-refractivity contribution in [3.63, 3.8) is 0 Å². The van der Waals surface area contributed by atoms with Crippen LogP contribution < -0.4 is 5.43 Å². The zero-order chi connectivity index (χ0) is 17.4. The minimum absolute atomic E-state index is 0.277. The second-order valence-corrected chi connectivity index (χ2v) is 5.37. The van der Waals surface area contributed by atoms with Gasteiger partial charge in [-0.2, -0.15) is 0 Å². The number of H-pyrrole nitrogens is 1. The van der Waals surface area contributed by atoms with Crippen molar-refractivity contribution in [1.29, 1.82) is 0 Å². The van der Waals surface area contributed by atoms with E-state index in [1.807, 2.05) is 19.3 Å². The van der Waals surface area contributed by atoms with E-state index in [4.69, 9.17) is 4.84 Å². The number of nitrogens with zero attached hydrogens (tertiary/aromatic N) is 4. The second kappa shape index (κ2) is 9.02. The lowest BCUT2D eigenvalue weighted by molar-refractivity contribution is 0.202. The Balaban J connectivity index is 2.32. The molecule has 0 aromatic carbocycles. The Bertz CT molecular complexity index is 693. The Morgan fingerprint density at radius 2 is 2.29 bits per heavy atom. The lowest BCUT2D eigenvalue weighted by Crippen LogP contribution is -2.39. The maximum Gasteiger partial charge on any atom is 0.141 e. The summed E-state index contributed by atoms with van der Waals surface area (Å²) < 4.78 is 0. The van der Waals surface area contributed by atoms with Gasteiger partial charge in [0.25, 0.3) is 0 Å². The monoisotopic (exact) mass is 330 g/mol. The van der Waals surface area contributed by atoms with Crippen LogP contribution in [0.3, 0.4) is 0 Å². The molecule has 0 amide bonds. The van der Waals surface area contributed by atoms with E-state index in [2.05, 4.69) is 50.6 Å². The first-order chi connectivity index (χ1) is 11.7. The predicted octanol–water partition coefficient (Wildman–Crippen LogP) is 2.95. The lowest BCUT2D eigenvalue weighted by Gasteiger charge is -2.29. The van der Waals surface area contributed by atoms with Crippen LogP contribution in [0.5, 0.6) is 0 Å². The minimum atomic E-state index is 0.277. The van der Waals surface area contributed by atoms with Crippen LogP contribution in [0.2, 0.25) is 0 Å². The molecule has 2 aromatic heterocycles. The third-order valence-corrected chi connectivity index (χ3v) is 4.01. The van der Waals surface area contributed by atoms with Gasteiger partial charge in [0.1, 0.15) is 19.1 Å². The van der Waals surface area contributed by atoms with Crippen LogP contribution in [-0.2, 0) is 4.84 Å². The average molecular weight is 330 g/mol. The Hall–Kier alpha value is -2.41. The van der Waals surface area contributed by atoms with Gasteiger partial charge in [-0.1, -0.05) is 19.0 Å². The van der Waals surface area contributed by atoms with Crippen LogP contribution in [0.15, 0.2) is 29.9 Å². The van der Waals surface area contributed by atoms with Gasteiger partial charge in [0.2, 0.25) is 0 Å². The number of fused-ring (bicyclic) bond motifs is 1. The van der Waals surface area contributed by atoms with E-state index < -0.39 is 0 Å². The van der Waals surface area contributed by atoms with Crippen molar-refractivity contribution < 1.29 is 4.84 Å². The van der Waals surface area contributed by atoms with E-state index in [9.17, 15) is 0 Å². The smallest absolute Gasteiger partial charge is 0.141 e. The molecule has 2 rings (SSSR count). The van der Waals surface area contributed by atoms with Gasteiger partial charge in [-0.05, 0) is 24.5 Å². The van der Waals surface area contributed by atoms with Crippen LogP contribution in [-0.4, -0.2) is 46.4 Å². The van der Waals surface area contributed by atoms with Gasteiger partial charge in [-0.3, -0.25) is 0 Å². The largest absolute Gasteiger partial charge is 0.399 e. The Morgan fingerprint density at radius 1 is 1.46 bits per heavy atom. The summed E-state index contributed by atoms with van der Waals surface area (Å²) in [4.78, 5) is 16.7. The highest BCUT2D eigenvalue weighted by molar-refractivity contribution is 5.87. The van der Waals surface area contributed by atoms with Gasteiger partial charge in [0.15, 0.2) is 0 Å². The van der Waals surface area contributed by atoms with E-state index >= 15 is 0 Å². The number of hydrogen-bond acceptors (Lipinski definition) is 6. The van der Waals surface area contributed by atoms with Gasteiger partial charge in [-0.25, -0.2) is 15.4 Å². The van der Waals surface area contributed by atoms with Gasteiger partial charge < -0.3 is 14.8 Å². The van der Waals surface area contributed by atoms with Gasteiger partial charge >= 0.3 is 0 Å². The molecule has 1 atom stereocenters. The summed E-state index contributed by atoms with van der Waals surface area (Å²) in [5, 5.41) is 6.99. The predicted molar refractivity (Wildman–Crippen MR) is 97.3 cm³/mol. The fourth-order valence-electron chi connectivity index (χ4n) is 2.68. The van der Waals surface area contributed by atoms with Crippen molar-refractivity contribution in [1.82, 2.24) is 25.4 Å². The number of rotatable bonds is 9. The molecule has 0 fully saturated rings. The summed E-state index contributed by atoms with van der Waals surface area (Å²) >= 11 is 0. The van der Waals surface area contributed by atoms with Crippen LogP contribution >= 0.6 is 0 Å². The topological polar surface area (TPSA) is 78.4 Å².